The molecule has 1 nitrogen and oxygen atoms in total. The van der Waals surface area contributed by atoms with Gasteiger partial charge in [-0.2, -0.15) is 0 Å². The van der Waals surface area contributed by atoms with E-state index in [1.807, 2.05) is 18.1 Å². The second-order valence-corrected chi connectivity index (χ2v) is 4.55. The molecule has 0 unspecified atom stereocenters. The van der Waals surface area contributed by atoms with Gasteiger partial charge < -0.3 is 0 Å². The summed E-state index contributed by atoms with van der Waals surface area (Å²) in [5.41, 5.74) is 3.05. The number of hydrogen-bond donors (Lipinski definition) is 0. The maximum atomic E-state index is 10.4. The quantitative estimate of drug-likeness (QED) is 0.618. The average Bonchev–Trinajstić information content (AvgIpc) is 2.15. The third kappa shape index (κ3) is 2.34. The van der Waals surface area contributed by atoms with E-state index in [9.17, 15) is 4.79 Å². The van der Waals surface area contributed by atoms with Crippen molar-refractivity contribution in [1.29, 1.82) is 0 Å². The molecule has 0 atom stereocenters. The van der Waals surface area contributed by atoms with E-state index in [1.165, 1.54) is 5.56 Å². The summed E-state index contributed by atoms with van der Waals surface area (Å²) in [6, 6.07) is 8.08. The van der Waals surface area contributed by atoms with Crippen LogP contribution in [0.1, 0.15) is 38.8 Å². The highest BCUT2D eigenvalue weighted by Gasteiger charge is 2.12. The predicted molar refractivity (Wildman–Crippen MR) is 59.9 cm³/mol. The Morgan fingerprint density at radius 2 is 1.64 bits per heavy atom. The van der Waals surface area contributed by atoms with Crippen LogP contribution < -0.4 is 0 Å². The minimum Gasteiger partial charge on any atom is -0.233 e. The Hall–Kier alpha value is -1.33. The van der Waals surface area contributed by atoms with Crippen molar-refractivity contribution >= 4 is 11.5 Å². The lowest BCUT2D eigenvalue weighted by Gasteiger charge is -2.18. The van der Waals surface area contributed by atoms with Crippen molar-refractivity contribution in [3.05, 3.63) is 35.4 Å². The van der Waals surface area contributed by atoms with E-state index in [-0.39, 0.29) is 5.41 Å². The van der Waals surface area contributed by atoms with Gasteiger partial charge in [-0.1, -0.05) is 45.0 Å². The molecule has 0 spiro atoms. The minimum atomic E-state index is 0.164. The fraction of sp³-hybridized carbons (Fsp3) is 0.385. The normalized spacial score (nSPS) is 10.9. The van der Waals surface area contributed by atoms with Crippen LogP contribution in [-0.4, -0.2) is 5.94 Å². The summed E-state index contributed by atoms with van der Waals surface area (Å²) in [7, 11) is 0. The lowest BCUT2D eigenvalue weighted by atomic mass is 9.86. The Kier molecular flexibility index (Phi) is 2.93. The van der Waals surface area contributed by atoms with Crippen LogP contribution in [0.25, 0.3) is 5.57 Å². The maximum absolute atomic E-state index is 10.4. The summed E-state index contributed by atoms with van der Waals surface area (Å²) in [4.78, 5) is 10.4. The van der Waals surface area contributed by atoms with Gasteiger partial charge in [-0.15, -0.1) is 0 Å². The summed E-state index contributed by atoms with van der Waals surface area (Å²) < 4.78 is 0. The van der Waals surface area contributed by atoms with E-state index in [1.54, 1.807) is 6.92 Å². The first kappa shape index (κ1) is 10.7. The molecule has 0 N–H and O–H groups in total. The van der Waals surface area contributed by atoms with Crippen molar-refractivity contribution in [1.82, 2.24) is 0 Å². The molecule has 0 fully saturated rings. The smallest absolute Gasteiger partial charge is 0.128 e. The van der Waals surface area contributed by atoms with Crippen LogP contribution >= 0.6 is 0 Å². The molecule has 0 saturated heterocycles. The Labute approximate surface area is 85.5 Å². The van der Waals surface area contributed by atoms with E-state index in [0.29, 0.717) is 5.57 Å². The van der Waals surface area contributed by atoms with E-state index in [0.717, 1.165) is 5.56 Å². The Morgan fingerprint density at radius 3 is 2.00 bits per heavy atom. The zero-order chi connectivity index (χ0) is 10.8. The number of allylic oxidation sites excluding steroid dienone is 1. The van der Waals surface area contributed by atoms with Crippen molar-refractivity contribution in [2.24, 2.45) is 0 Å². The van der Waals surface area contributed by atoms with Crippen molar-refractivity contribution in [2.45, 2.75) is 33.1 Å². The molecule has 0 heterocycles. The van der Waals surface area contributed by atoms with Gasteiger partial charge in [0.05, 0.1) is 0 Å². The van der Waals surface area contributed by atoms with Gasteiger partial charge in [0.25, 0.3) is 0 Å². The van der Waals surface area contributed by atoms with Crippen LogP contribution in [0.3, 0.4) is 0 Å². The van der Waals surface area contributed by atoms with Gasteiger partial charge in [-0.25, -0.2) is 4.79 Å². The van der Waals surface area contributed by atoms with Gasteiger partial charge in [0.2, 0.25) is 0 Å². The number of carbonyl (C=O) groups excluding carboxylic acids is 1. The standard InChI is InChI=1S/C13H16O/c1-10(9-14)11-5-7-12(8-6-11)13(2,3)4/h5-8H,1-4H3. The van der Waals surface area contributed by atoms with Gasteiger partial charge in [0, 0.05) is 5.57 Å². The predicted octanol–water partition coefficient (Wildman–Crippen LogP) is 3.22. The molecule has 0 amide bonds. The highest BCUT2D eigenvalue weighted by Crippen LogP contribution is 2.23. The molecule has 0 radical (unpaired) electrons. The second-order valence-electron chi connectivity index (χ2n) is 4.55. The van der Waals surface area contributed by atoms with Crippen molar-refractivity contribution in [3.63, 3.8) is 0 Å². The van der Waals surface area contributed by atoms with Crippen LogP contribution in [0.5, 0.6) is 0 Å². The Bertz CT molecular complexity index is 359. The SMILES string of the molecule is CC(=C=O)c1ccc(C(C)(C)C)cc1. The van der Waals surface area contributed by atoms with Gasteiger partial charge >= 0.3 is 0 Å². The zero-order valence-corrected chi connectivity index (χ0v) is 9.22. The first-order valence-corrected chi connectivity index (χ1v) is 4.78. The van der Waals surface area contributed by atoms with E-state index < -0.39 is 0 Å². The molecule has 0 saturated carbocycles. The molecule has 1 aromatic carbocycles. The summed E-state index contributed by atoms with van der Waals surface area (Å²) in [5.74, 6) is 1.91. The largest absolute Gasteiger partial charge is 0.233 e. The summed E-state index contributed by atoms with van der Waals surface area (Å²) in [6.45, 7) is 8.29. The first-order valence-electron chi connectivity index (χ1n) is 4.78. The maximum Gasteiger partial charge on any atom is 0.128 e. The molecule has 0 aliphatic heterocycles. The molecule has 0 bridgehead atoms. The summed E-state index contributed by atoms with van der Waals surface area (Å²) in [6.07, 6.45) is 0. The molecule has 14 heavy (non-hydrogen) atoms. The molecule has 1 aromatic rings. The summed E-state index contributed by atoms with van der Waals surface area (Å²) in [5, 5.41) is 0. The summed E-state index contributed by atoms with van der Waals surface area (Å²) >= 11 is 0. The zero-order valence-electron chi connectivity index (χ0n) is 9.22. The van der Waals surface area contributed by atoms with Crippen LogP contribution in [-0.2, 0) is 10.2 Å². The molecule has 1 heteroatoms. The molecular weight excluding hydrogens is 172 g/mol. The van der Waals surface area contributed by atoms with Crippen LogP contribution in [0, 0.1) is 0 Å². The Morgan fingerprint density at radius 1 is 1.14 bits per heavy atom. The van der Waals surface area contributed by atoms with Crippen molar-refractivity contribution in [3.8, 4) is 0 Å². The highest BCUT2D eigenvalue weighted by atomic mass is 16.1. The molecule has 0 aliphatic carbocycles. The number of benzene rings is 1. The Balaban J connectivity index is 3.07. The minimum absolute atomic E-state index is 0.164. The van der Waals surface area contributed by atoms with Crippen molar-refractivity contribution < 1.29 is 4.79 Å². The van der Waals surface area contributed by atoms with Crippen LogP contribution in [0.15, 0.2) is 24.3 Å². The highest BCUT2D eigenvalue weighted by molar-refractivity contribution is 5.86. The van der Waals surface area contributed by atoms with Gasteiger partial charge in [-0.3, -0.25) is 0 Å². The van der Waals surface area contributed by atoms with Gasteiger partial charge in [0.15, 0.2) is 0 Å². The lowest BCUT2D eigenvalue weighted by molar-refractivity contribution is 0.569. The lowest BCUT2D eigenvalue weighted by Crippen LogP contribution is -2.10. The number of hydrogen-bond acceptors (Lipinski definition) is 1. The molecule has 0 aliphatic rings. The van der Waals surface area contributed by atoms with Gasteiger partial charge in [-0.05, 0) is 23.5 Å². The first-order chi connectivity index (χ1) is 6.45. The molecule has 74 valence electrons. The molecule has 0 aromatic heterocycles. The molecule has 1 rings (SSSR count). The van der Waals surface area contributed by atoms with Crippen molar-refractivity contribution in [2.75, 3.05) is 0 Å². The fourth-order valence-corrected chi connectivity index (χ4v) is 1.28. The van der Waals surface area contributed by atoms with Crippen LogP contribution in [0.2, 0.25) is 0 Å². The third-order valence-electron chi connectivity index (χ3n) is 2.34. The van der Waals surface area contributed by atoms with E-state index >= 15 is 0 Å². The fourth-order valence-electron chi connectivity index (χ4n) is 1.28. The van der Waals surface area contributed by atoms with E-state index in [4.69, 9.17) is 0 Å². The molecular formula is C13H16O. The number of rotatable bonds is 1. The second kappa shape index (κ2) is 3.81. The average molecular weight is 188 g/mol. The van der Waals surface area contributed by atoms with Crippen LogP contribution in [0.4, 0.5) is 0 Å². The van der Waals surface area contributed by atoms with E-state index in [2.05, 4.69) is 32.9 Å². The topological polar surface area (TPSA) is 17.1 Å². The van der Waals surface area contributed by atoms with Gasteiger partial charge in [0.1, 0.15) is 5.94 Å². The third-order valence-corrected chi connectivity index (χ3v) is 2.34. The monoisotopic (exact) mass is 188 g/mol.